The van der Waals surface area contributed by atoms with E-state index in [-0.39, 0.29) is 12.5 Å². The lowest BCUT2D eigenvalue weighted by Crippen LogP contribution is -2.21. The largest absolute Gasteiger partial charge is 0.497 e. The number of carbonyl (C=O) groups is 1. The monoisotopic (exact) mass is 308 g/mol. The van der Waals surface area contributed by atoms with Gasteiger partial charge in [0.05, 0.1) is 24.4 Å². The van der Waals surface area contributed by atoms with Crippen LogP contribution in [0.4, 0.5) is 15.8 Å². The highest BCUT2D eigenvalue weighted by Gasteiger charge is 2.06. The van der Waals surface area contributed by atoms with Gasteiger partial charge in [-0.1, -0.05) is 17.7 Å². The molecular weight excluding hydrogens is 295 g/mol. The lowest BCUT2D eigenvalue weighted by Gasteiger charge is -2.10. The van der Waals surface area contributed by atoms with E-state index in [9.17, 15) is 9.18 Å². The standard InChI is InChI=1S/C15H14ClFN2O2/c1-21-12-5-6-13(16)14(8-12)18-9-15(20)19-11-4-2-3-10(17)7-11/h2-8,18H,9H2,1H3,(H,19,20). The van der Waals surface area contributed by atoms with Gasteiger partial charge < -0.3 is 15.4 Å². The smallest absolute Gasteiger partial charge is 0.243 e. The van der Waals surface area contributed by atoms with Gasteiger partial charge in [0.1, 0.15) is 11.6 Å². The van der Waals surface area contributed by atoms with Gasteiger partial charge in [-0.15, -0.1) is 0 Å². The molecular formula is C15H14ClFN2O2. The first-order valence-electron chi connectivity index (χ1n) is 6.21. The molecule has 0 atom stereocenters. The Morgan fingerprint density at radius 2 is 2.10 bits per heavy atom. The molecule has 2 aromatic rings. The minimum Gasteiger partial charge on any atom is -0.497 e. The van der Waals surface area contributed by atoms with Crippen molar-refractivity contribution < 1.29 is 13.9 Å². The number of hydrogen-bond donors (Lipinski definition) is 2. The SMILES string of the molecule is COc1ccc(Cl)c(NCC(=O)Nc2cccc(F)c2)c1. The summed E-state index contributed by atoms with van der Waals surface area (Å²) < 4.78 is 18.1. The molecule has 0 spiro atoms. The van der Waals surface area contributed by atoms with Crippen molar-refractivity contribution >= 4 is 28.9 Å². The summed E-state index contributed by atoms with van der Waals surface area (Å²) in [5, 5.41) is 5.97. The van der Waals surface area contributed by atoms with E-state index < -0.39 is 5.82 Å². The van der Waals surface area contributed by atoms with Crippen LogP contribution in [-0.2, 0) is 4.79 Å². The molecule has 0 radical (unpaired) electrons. The Bertz CT molecular complexity index is 649. The first kappa shape index (κ1) is 15.1. The molecule has 21 heavy (non-hydrogen) atoms. The molecule has 0 saturated carbocycles. The van der Waals surface area contributed by atoms with Gasteiger partial charge in [0, 0.05) is 11.8 Å². The number of carbonyl (C=O) groups excluding carboxylic acids is 1. The number of halogens is 2. The lowest BCUT2D eigenvalue weighted by atomic mass is 10.3. The molecule has 4 nitrogen and oxygen atoms in total. The second kappa shape index (κ2) is 6.95. The van der Waals surface area contributed by atoms with Crippen molar-refractivity contribution in [1.82, 2.24) is 0 Å². The zero-order valence-electron chi connectivity index (χ0n) is 11.3. The van der Waals surface area contributed by atoms with Crippen molar-refractivity contribution in [3.63, 3.8) is 0 Å². The number of nitrogens with one attached hydrogen (secondary N) is 2. The van der Waals surface area contributed by atoms with Crippen molar-refractivity contribution in [2.24, 2.45) is 0 Å². The average molecular weight is 309 g/mol. The minimum atomic E-state index is -0.406. The van der Waals surface area contributed by atoms with Crippen molar-refractivity contribution in [2.45, 2.75) is 0 Å². The third-order valence-corrected chi connectivity index (χ3v) is 3.05. The molecule has 2 aromatic carbocycles. The zero-order chi connectivity index (χ0) is 15.2. The summed E-state index contributed by atoms with van der Waals surface area (Å²) >= 11 is 6.02. The predicted octanol–water partition coefficient (Wildman–Crippen LogP) is 3.54. The number of benzene rings is 2. The predicted molar refractivity (Wildman–Crippen MR) is 81.5 cm³/mol. The maximum atomic E-state index is 13.0. The van der Waals surface area contributed by atoms with Crippen molar-refractivity contribution in [3.8, 4) is 5.75 Å². The van der Waals surface area contributed by atoms with E-state index in [4.69, 9.17) is 16.3 Å². The van der Waals surface area contributed by atoms with Crippen LogP contribution in [0.15, 0.2) is 42.5 Å². The van der Waals surface area contributed by atoms with Crippen molar-refractivity contribution in [1.29, 1.82) is 0 Å². The van der Waals surface area contributed by atoms with Crippen LogP contribution in [0, 0.1) is 5.82 Å². The van der Waals surface area contributed by atoms with Crippen molar-refractivity contribution in [2.75, 3.05) is 24.3 Å². The van der Waals surface area contributed by atoms with Crippen LogP contribution in [0.5, 0.6) is 5.75 Å². The Hall–Kier alpha value is -2.27. The minimum absolute atomic E-state index is 0.00337. The van der Waals surface area contributed by atoms with E-state index in [1.807, 2.05) is 0 Å². The van der Waals surface area contributed by atoms with Crippen LogP contribution in [-0.4, -0.2) is 19.6 Å². The fourth-order valence-corrected chi connectivity index (χ4v) is 1.90. The maximum Gasteiger partial charge on any atom is 0.243 e. The summed E-state index contributed by atoms with van der Waals surface area (Å²) in [6.45, 7) is 0.00337. The van der Waals surface area contributed by atoms with Gasteiger partial charge in [-0.25, -0.2) is 4.39 Å². The first-order valence-corrected chi connectivity index (χ1v) is 6.59. The summed E-state index contributed by atoms with van der Waals surface area (Å²) in [5.74, 6) is -0.0801. The average Bonchev–Trinajstić information content (AvgIpc) is 2.46. The summed E-state index contributed by atoms with van der Waals surface area (Å²) in [6, 6.07) is 10.8. The molecule has 0 aliphatic rings. The number of amides is 1. The highest BCUT2D eigenvalue weighted by Crippen LogP contribution is 2.26. The zero-order valence-corrected chi connectivity index (χ0v) is 12.1. The third kappa shape index (κ3) is 4.36. The van der Waals surface area contributed by atoms with Gasteiger partial charge >= 0.3 is 0 Å². The molecule has 2 rings (SSSR count). The van der Waals surface area contributed by atoms with Crippen LogP contribution in [0.25, 0.3) is 0 Å². The molecule has 1 amide bonds. The molecule has 6 heteroatoms. The second-order valence-corrected chi connectivity index (χ2v) is 4.67. The Morgan fingerprint density at radius 3 is 2.81 bits per heavy atom. The second-order valence-electron chi connectivity index (χ2n) is 4.26. The Labute approximate surface area is 126 Å². The van der Waals surface area contributed by atoms with Crippen molar-refractivity contribution in [3.05, 3.63) is 53.3 Å². The highest BCUT2D eigenvalue weighted by atomic mass is 35.5. The maximum absolute atomic E-state index is 13.0. The van der Waals surface area contributed by atoms with E-state index in [2.05, 4.69) is 10.6 Å². The van der Waals surface area contributed by atoms with Gasteiger partial charge in [0.2, 0.25) is 5.91 Å². The van der Waals surface area contributed by atoms with E-state index in [0.29, 0.717) is 22.1 Å². The van der Waals surface area contributed by atoms with E-state index in [1.54, 1.807) is 31.4 Å². The Balaban J connectivity index is 1.95. The molecule has 110 valence electrons. The van der Waals surface area contributed by atoms with Gasteiger partial charge in [0.15, 0.2) is 0 Å². The molecule has 0 unspecified atom stereocenters. The van der Waals surface area contributed by atoms with E-state index in [0.717, 1.165) is 0 Å². The first-order chi connectivity index (χ1) is 10.1. The lowest BCUT2D eigenvalue weighted by molar-refractivity contribution is -0.114. The topological polar surface area (TPSA) is 50.4 Å². The molecule has 0 fully saturated rings. The van der Waals surface area contributed by atoms with Crippen LogP contribution < -0.4 is 15.4 Å². The fraction of sp³-hybridized carbons (Fsp3) is 0.133. The number of rotatable bonds is 5. The summed E-state index contributed by atoms with van der Waals surface area (Å²) in [6.07, 6.45) is 0. The van der Waals surface area contributed by atoms with Crippen LogP contribution in [0.3, 0.4) is 0 Å². The molecule has 0 aliphatic carbocycles. The number of methoxy groups -OCH3 is 1. The number of anilines is 2. The molecule has 0 saturated heterocycles. The van der Waals surface area contributed by atoms with Gasteiger partial charge in [0.25, 0.3) is 0 Å². The molecule has 0 aliphatic heterocycles. The van der Waals surface area contributed by atoms with Gasteiger partial charge in [-0.2, -0.15) is 0 Å². The Kier molecular flexibility index (Phi) is 5.00. The van der Waals surface area contributed by atoms with Crippen LogP contribution in [0.1, 0.15) is 0 Å². The summed E-state index contributed by atoms with van der Waals surface area (Å²) in [5.41, 5.74) is 0.990. The highest BCUT2D eigenvalue weighted by molar-refractivity contribution is 6.33. The summed E-state index contributed by atoms with van der Waals surface area (Å²) in [7, 11) is 1.55. The number of ether oxygens (including phenoxy) is 1. The van der Waals surface area contributed by atoms with E-state index in [1.165, 1.54) is 18.2 Å². The molecule has 0 heterocycles. The molecule has 0 bridgehead atoms. The molecule has 2 N–H and O–H groups in total. The number of hydrogen-bond acceptors (Lipinski definition) is 3. The quantitative estimate of drug-likeness (QED) is 0.888. The normalized spacial score (nSPS) is 10.0. The summed E-state index contributed by atoms with van der Waals surface area (Å²) in [4.78, 5) is 11.8. The Morgan fingerprint density at radius 1 is 1.29 bits per heavy atom. The molecule has 0 aromatic heterocycles. The van der Waals surface area contributed by atoms with Crippen LogP contribution >= 0.6 is 11.6 Å². The van der Waals surface area contributed by atoms with Gasteiger partial charge in [-0.05, 0) is 30.3 Å². The third-order valence-electron chi connectivity index (χ3n) is 2.72. The van der Waals surface area contributed by atoms with Crippen LogP contribution in [0.2, 0.25) is 5.02 Å². The van der Waals surface area contributed by atoms with Gasteiger partial charge in [-0.3, -0.25) is 4.79 Å². The van der Waals surface area contributed by atoms with E-state index >= 15 is 0 Å². The fourth-order valence-electron chi connectivity index (χ4n) is 1.71.